The molecular weight excluding hydrogens is 154 g/mol. The third-order valence-corrected chi connectivity index (χ3v) is 2.18. The Hall–Kier alpha value is -0.870. The highest BCUT2D eigenvalue weighted by atomic mass is 16.3. The number of hydrogen-bond donors (Lipinski definition) is 2. The molecule has 1 fully saturated rings. The molecule has 0 aliphatic carbocycles. The van der Waals surface area contributed by atoms with Gasteiger partial charge in [-0.2, -0.15) is 0 Å². The van der Waals surface area contributed by atoms with Gasteiger partial charge in [0.2, 0.25) is 0 Å². The van der Waals surface area contributed by atoms with Gasteiger partial charge in [-0.3, -0.25) is 0 Å². The predicted octanol–water partition coefficient (Wildman–Crippen LogP) is -0.703. The molecule has 1 aromatic heterocycles. The molecule has 2 heterocycles. The Bertz CT molecular complexity index is 278. The van der Waals surface area contributed by atoms with Crippen molar-refractivity contribution in [2.75, 3.05) is 13.1 Å². The molecule has 0 saturated carbocycles. The van der Waals surface area contributed by atoms with Gasteiger partial charge in [0.15, 0.2) is 0 Å². The summed E-state index contributed by atoms with van der Waals surface area (Å²) in [6.45, 7) is 1.37. The summed E-state index contributed by atoms with van der Waals surface area (Å²) in [5.41, 5.74) is 0.412. The third kappa shape index (κ3) is 1.35. The molecule has 0 spiro atoms. The summed E-state index contributed by atoms with van der Waals surface area (Å²) in [6, 6.07) is 0. The molecule has 0 bridgehead atoms. The quantitative estimate of drug-likeness (QED) is 0.612. The van der Waals surface area contributed by atoms with Crippen LogP contribution in [0, 0.1) is 0 Å². The summed E-state index contributed by atoms with van der Waals surface area (Å²) in [5.74, 6) is 0. The molecular formula is C8H13N3O. The van der Waals surface area contributed by atoms with E-state index in [1.165, 1.54) is 0 Å². The minimum atomic E-state index is -0.547. The van der Waals surface area contributed by atoms with Gasteiger partial charge in [-0.15, -0.1) is 0 Å². The number of aromatic nitrogens is 2. The zero-order valence-corrected chi connectivity index (χ0v) is 7.12. The molecule has 1 aliphatic rings. The van der Waals surface area contributed by atoms with Crippen molar-refractivity contribution < 1.29 is 5.11 Å². The lowest BCUT2D eigenvalue weighted by molar-refractivity contribution is -0.00975. The van der Waals surface area contributed by atoms with Crippen LogP contribution < -0.4 is 5.32 Å². The molecule has 1 saturated heterocycles. The summed E-state index contributed by atoms with van der Waals surface area (Å²) in [4.78, 5) is 4.16. The molecule has 12 heavy (non-hydrogen) atoms. The molecule has 1 aliphatic heterocycles. The standard InChI is InChI=1S/C8H13N3O/c1-11-3-7(10-6-11)2-8(12)4-9-5-8/h3,6,9,12H,2,4-5H2,1H3. The minimum Gasteiger partial charge on any atom is -0.387 e. The first-order valence-corrected chi connectivity index (χ1v) is 4.08. The first-order chi connectivity index (χ1) is 5.68. The third-order valence-electron chi connectivity index (χ3n) is 2.18. The van der Waals surface area contributed by atoms with E-state index < -0.39 is 5.60 Å². The van der Waals surface area contributed by atoms with Crippen LogP contribution in [0.5, 0.6) is 0 Å². The number of imidazole rings is 1. The molecule has 4 nitrogen and oxygen atoms in total. The second-order valence-corrected chi connectivity index (χ2v) is 3.54. The number of rotatable bonds is 2. The van der Waals surface area contributed by atoms with Crippen LogP contribution in [0.25, 0.3) is 0 Å². The van der Waals surface area contributed by atoms with Gasteiger partial charge < -0.3 is 15.0 Å². The van der Waals surface area contributed by atoms with E-state index in [0.717, 1.165) is 5.69 Å². The molecule has 0 atom stereocenters. The van der Waals surface area contributed by atoms with E-state index in [1.54, 1.807) is 6.33 Å². The SMILES string of the molecule is Cn1cnc(CC2(O)CNC2)c1. The van der Waals surface area contributed by atoms with E-state index in [2.05, 4.69) is 10.3 Å². The smallest absolute Gasteiger partial charge is 0.0950 e. The van der Waals surface area contributed by atoms with Crippen molar-refractivity contribution in [3.05, 3.63) is 18.2 Å². The summed E-state index contributed by atoms with van der Waals surface area (Å²) >= 11 is 0. The molecule has 0 unspecified atom stereocenters. The predicted molar refractivity (Wildman–Crippen MR) is 44.7 cm³/mol. The molecule has 2 rings (SSSR count). The van der Waals surface area contributed by atoms with Gasteiger partial charge in [-0.25, -0.2) is 4.98 Å². The number of nitrogens with zero attached hydrogens (tertiary/aromatic N) is 2. The second-order valence-electron chi connectivity index (χ2n) is 3.54. The van der Waals surface area contributed by atoms with Gasteiger partial charge >= 0.3 is 0 Å². The zero-order chi connectivity index (χ0) is 8.60. The lowest BCUT2D eigenvalue weighted by atomic mass is 9.92. The molecule has 2 N–H and O–H groups in total. The Morgan fingerprint density at radius 2 is 2.50 bits per heavy atom. The molecule has 66 valence electrons. The Balaban J connectivity index is 2.03. The lowest BCUT2D eigenvalue weighted by Gasteiger charge is -2.37. The van der Waals surface area contributed by atoms with E-state index in [9.17, 15) is 5.11 Å². The number of aliphatic hydroxyl groups is 1. The Kier molecular flexibility index (Phi) is 1.66. The average molecular weight is 167 g/mol. The molecule has 0 amide bonds. The van der Waals surface area contributed by atoms with Crippen LogP contribution in [-0.4, -0.2) is 33.3 Å². The number of hydrogen-bond acceptors (Lipinski definition) is 3. The van der Waals surface area contributed by atoms with Crippen molar-refractivity contribution >= 4 is 0 Å². The van der Waals surface area contributed by atoms with Crippen LogP contribution in [0.3, 0.4) is 0 Å². The highest BCUT2D eigenvalue weighted by molar-refractivity contribution is 5.06. The fraction of sp³-hybridized carbons (Fsp3) is 0.625. The van der Waals surface area contributed by atoms with E-state index >= 15 is 0 Å². The first kappa shape index (κ1) is 7.76. The zero-order valence-electron chi connectivity index (χ0n) is 7.12. The lowest BCUT2D eigenvalue weighted by Crippen LogP contribution is -2.60. The minimum absolute atomic E-state index is 0.547. The van der Waals surface area contributed by atoms with E-state index in [0.29, 0.717) is 19.5 Å². The van der Waals surface area contributed by atoms with Gasteiger partial charge in [0.05, 0.1) is 17.6 Å². The topological polar surface area (TPSA) is 50.1 Å². The summed E-state index contributed by atoms with van der Waals surface area (Å²) in [6.07, 6.45) is 4.35. The van der Waals surface area contributed by atoms with Gasteiger partial charge in [-0.1, -0.05) is 0 Å². The summed E-state index contributed by atoms with van der Waals surface area (Å²) in [5, 5.41) is 12.8. The van der Waals surface area contributed by atoms with Gasteiger partial charge in [0.25, 0.3) is 0 Å². The molecule has 4 heteroatoms. The number of nitrogens with one attached hydrogen (secondary N) is 1. The van der Waals surface area contributed by atoms with Crippen LogP contribution in [0.1, 0.15) is 5.69 Å². The van der Waals surface area contributed by atoms with E-state index in [4.69, 9.17) is 0 Å². The average Bonchev–Trinajstić information content (AvgIpc) is 2.32. The highest BCUT2D eigenvalue weighted by Gasteiger charge is 2.34. The van der Waals surface area contributed by atoms with Gasteiger partial charge in [0, 0.05) is 32.8 Å². The summed E-state index contributed by atoms with van der Waals surface area (Å²) < 4.78 is 1.89. The normalized spacial score (nSPS) is 20.5. The Morgan fingerprint density at radius 3 is 2.92 bits per heavy atom. The van der Waals surface area contributed by atoms with E-state index in [1.807, 2.05) is 17.8 Å². The molecule has 1 aromatic rings. The van der Waals surface area contributed by atoms with Crippen molar-refractivity contribution in [1.29, 1.82) is 0 Å². The van der Waals surface area contributed by atoms with Crippen LogP contribution in [-0.2, 0) is 13.5 Å². The van der Waals surface area contributed by atoms with Crippen LogP contribution >= 0.6 is 0 Å². The maximum atomic E-state index is 9.76. The van der Waals surface area contributed by atoms with Gasteiger partial charge in [0.1, 0.15) is 0 Å². The highest BCUT2D eigenvalue weighted by Crippen LogP contribution is 2.15. The maximum absolute atomic E-state index is 9.76. The van der Waals surface area contributed by atoms with Crippen molar-refractivity contribution in [1.82, 2.24) is 14.9 Å². The van der Waals surface area contributed by atoms with E-state index in [-0.39, 0.29) is 0 Å². The monoisotopic (exact) mass is 167 g/mol. The number of aryl methyl sites for hydroxylation is 1. The van der Waals surface area contributed by atoms with Crippen molar-refractivity contribution in [3.63, 3.8) is 0 Å². The largest absolute Gasteiger partial charge is 0.387 e. The number of β-amino-alcohol motifs (C(OH)–C–C–N with tert-alkyl or cyclic N) is 1. The fourth-order valence-electron chi connectivity index (χ4n) is 1.43. The maximum Gasteiger partial charge on any atom is 0.0950 e. The van der Waals surface area contributed by atoms with Crippen LogP contribution in [0.4, 0.5) is 0 Å². The van der Waals surface area contributed by atoms with Gasteiger partial charge in [-0.05, 0) is 0 Å². The van der Waals surface area contributed by atoms with Crippen LogP contribution in [0.15, 0.2) is 12.5 Å². The van der Waals surface area contributed by atoms with Crippen molar-refractivity contribution in [2.45, 2.75) is 12.0 Å². The Morgan fingerprint density at radius 1 is 1.75 bits per heavy atom. The fourth-order valence-corrected chi connectivity index (χ4v) is 1.43. The van der Waals surface area contributed by atoms with Crippen molar-refractivity contribution in [2.24, 2.45) is 7.05 Å². The second kappa shape index (κ2) is 2.57. The van der Waals surface area contributed by atoms with Crippen molar-refractivity contribution in [3.8, 4) is 0 Å². The molecule has 0 aromatic carbocycles. The Labute approximate surface area is 71.2 Å². The first-order valence-electron chi connectivity index (χ1n) is 4.08. The van der Waals surface area contributed by atoms with Crippen LogP contribution in [0.2, 0.25) is 0 Å². The summed E-state index contributed by atoms with van der Waals surface area (Å²) in [7, 11) is 1.93. The molecule has 0 radical (unpaired) electrons.